The van der Waals surface area contributed by atoms with E-state index in [1.807, 2.05) is 35.7 Å². The number of non-ortho nitro benzene ring substituents is 1. The summed E-state index contributed by atoms with van der Waals surface area (Å²) in [7, 11) is 0. The number of nitrogens with one attached hydrogen (secondary N) is 1. The largest absolute Gasteiger partial charge is 0.467 e. The minimum atomic E-state index is -0.522. The van der Waals surface area contributed by atoms with Crippen molar-refractivity contribution in [3.8, 4) is 17.0 Å². The second-order valence-electron chi connectivity index (χ2n) is 6.02. The molecule has 0 saturated heterocycles. The zero-order valence-electron chi connectivity index (χ0n) is 14.9. The lowest BCUT2D eigenvalue weighted by atomic mass is 10.1. The quantitative estimate of drug-likeness (QED) is 0.378. The molecule has 29 heavy (non-hydrogen) atoms. The number of carbonyl (C=O) groups excluding carboxylic acids is 1. The summed E-state index contributed by atoms with van der Waals surface area (Å²) < 4.78 is 5.66. The molecule has 4 aromatic rings. The molecule has 0 aliphatic rings. The highest BCUT2D eigenvalue weighted by molar-refractivity contribution is 7.17. The molecule has 144 valence electrons. The number of ether oxygens (including phenoxy) is 1. The van der Waals surface area contributed by atoms with Crippen molar-refractivity contribution < 1.29 is 14.5 Å². The Balaban J connectivity index is 1.53. The predicted molar refractivity (Wildman–Crippen MR) is 110 cm³/mol. The summed E-state index contributed by atoms with van der Waals surface area (Å²) in [5.41, 5.74) is 2.15. The van der Waals surface area contributed by atoms with Crippen LogP contribution in [0, 0.1) is 10.1 Å². The van der Waals surface area contributed by atoms with Gasteiger partial charge in [-0.1, -0.05) is 36.4 Å². The number of nitro groups is 1. The SMILES string of the molecule is O=C(COc1ncnc2scc(-c3ccccc3)c12)Nc1cccc([N+](=O)[O-])c1. The van der Waals surface area contributed by atoms with Crippen LogP contribution in [0.15, 0.2) is 66.3 Å². The van der Waals surface area contributed by atoms with E-state index in [0.717, 1.165) is 21.3 Å². The van der Waals surface area contributed by atoms with E-state index in [0.29, 0.717) is 11.6 Å². The molecule has 2 heterocycles. The zero-order chi connectivity index (χ0) is 20.2. The third-order valence-corrected chi connectivity index (χ3v) is 4.99. The summed E-state index contributed by atoms with van der Waals surface area (Å²) in [6.07, 6.45) is 1.39. The molecule has 2 aromatic heterocycles. The minimum absolute atomic E-state index is 0.105. The summed E-state index contributed by atoms with van der Waals surface area (Å²) in [5.74, 6) is -0.141. The fourth-order valence-corrected chi connectivity index (χ4v) is 3.72. The van der Waals surface area contributed by atoms with E-state index >= 15 is 0 Å². The van der Waals surface area contributed by atoms with Gasteiger partial charge in [0.05, 0.1) is 10.3 Å². The molecule has 8 nitrogen and oxygen atoms in total. The fourth-order valence-electron chi connectivity index (χ4n) is 2.82. The zero-order valence-corrected chi connectivity index (χ0v) is 15.8. The highest BCUT2D eigenvalue weighted by atomic mass is 32.1. The standard InChI is InChI=1S/C20H14N4O4S/c25-17(23-14-7-4-8-15(9-14)24(26)27)10-28-19-18-16(13-5-2-1-3-6-13)11-29-20(18)22-12-21-19/h1-9,11-12H,10H2,(H,23,25). The molecule has 1 amide bonds. The Hall–Kier alpha value is -3.85. The molecule has 0 radical (unpaired) electrons. The molecule has 0 aliphatic carbocycles. The molecule has 0 unspecified atom stereocenters. The van der Waals surface area contributed by atoms with Crippen LogP contribution in [-0.4, -0.2) is 27.4 Å². The summed E-state index contributed by atoms with van der Waals surface area (Å²) in [6, 6.07) is 15.5. The maximum absolute atomic E-state index is 12.2. The van der Waals surface area contributed by atoms with Crippen LogP contribution in [0.5, 0.6) is 5.88 Å². The van der Waals surface area contributed by atoms with E-state index < -0.39 is 10.8 Å². The van der Waals surface area contributed by atoms with E-state index in [2.05, 4.69) is 15.3 Å². The lowest BCUT2D eigenvalue weighted by Gasteiger charge is -2.09. The number of carbonyl (C=O) groups is 1. The van der Waals surface area contributed by atoms with Crippen molar-refractivity contribution in [2.24, 2.45) is 0 Å². The maximum Gasteiger partial charge on any atom is 0.271 e. The first-order valence-electron chi connectivity index (χ1n) is 8.56. The molecule has 2 aromatic carbocycles. The number of anilines is 1. The fraction of sp³-hybridized carbons (Fsp3) is 0.0500. The average Bonchev–Trinajstić information content (AvgIpc) is 3.18. The van der Waals surface area contributed by atoms with Crippen molar-refractivity contribution in [1.82, 2.24) is 9.97 Å². The Labute approximate surface area is 169 Å². The first-order chi connectivity index (χ1) is 14.1. The van der Waals surface area contributed by atoms with Gasteiger partial charge in [-0.3, -0.25) is 14.9 Å². The third-order valence-electron chi connectivity index (χ3n) is 4.10. The minimum Gasteiger partial charge on any atom is -0.467 e. The smallest absolute Gasteiger partial charge is 0.271 e. The van der Waals surface area contributed by atoms with Crippen molar-refractivity contribution in [2.75, 3.05) is 11.9 Å². The predicted octanol–water partition coefficient (Wildman–Crippen LogP) is 4.28. The van der Waals surface area contributed by atoms with Gasteiger partial charge >= 0.3 is 0 Å². The summed E-state index contributed by atoms with van der Waals surface area (Å²) in [5, 5.41) is 16.2. The third kappa shape index (κ3) is 4.04. The van der Waals surface area contributed by atoms with Gasteiger partial charge in [0.15, 0.2) is 6.61 Å². The molecule has 0 saturated carbocycles. The second kappa shape index (κ2) is 8.03. The molecule has 0 atom stereocenters. The average molecular weight is 406 g/mol. The summed E-state index contributed by atoms with van der Waals surface area (Å²) >= 11 is 1.47. The van der Waals surface area contributed by atoms with Crippen molar-refractivity contribution in [1.29, 1.82) is 0 Å². The number of benzene rings is 2. The Morgan fingerprint density at radius 2 is 1.97 bits per heavy atom. The molecule has 0 aliphatic heterocycles. The molecule has 0 fully saturated rings. The van der Waals surface area contributed by atoms with E-state index in [1.54, 1.807) is 6.07 Å². The Morgan fingerprint density at radius 3 is 2.76 bits per heavy atom. The molecular weight excluding hydrogens is 392 g/mol. The number of nitro benzene ring substituents is 1. The lowest BCUT2D eigenvalue weighted by molar-refractivity contribution is -0.384. The van der Waals surface area contributed by atoms with Gasteiger partial charge in [0.2, 0.25) is 5.88 Å². The first kappa shape index (κ1) is 18.5. The van der Waals surface area contributed by atoms with E-state index in [9.17, 15) is 14.9 Å². The van der Waals surface area contributed by atoms with Crippen LogP contribution in [0.3, 0.4) is 0 Å². The number of amides is 1. The maximum atomic E-state index is 12.2. The molecule has 9 heteroatoms. The number of rotatable bonds is 6. The van der Waals surface area contributed by atoms with Gasteiger partial charge in [0.1, 0.15) is 11.2 Å². The molecule has 1 N–H and O–H groups in total. The van der Waals surface area contributed by atoms with Crippen LogP contribution < -0.4 is 10.1 Å². The van der Waals surface area contributed by atoms with Crippen LogP contribution >= 0.6 is 11.3 Å². The lowest BCUT2D eigenvalue weighted by Crippen LogP contribution is -2.20. The number of aromatic nitrogens is 2. The highest BCUT2D eigenvalue weighted by Crippen LogP contribution is 2.37. The van der Waals surface area contributed by atoms with Crippen LogP contribution in [0.1, 0.15) is 0 Å². The van der Waals surface area contributed by atoms with Gasteiger partial charge < -0.3 is 10.1 Å². The van der Waals surface area contributed by atoms with Gasteiger partial charge in [-0.2, -0.15) is 0 Å². The second-order valence-corrected chi connectivity index (χ2v) is 6.88. The van der Waals surface area contributed by atoms with Crippen LogP contribution in [-0.2, 0) is 4.79 Å². The van der Waals surface area contributed by atoms with Crippen molar-refractivity contribution >= 4 is 38.8 Å². The number of hydrogen-bond acceptors (Lipinski definition) is 7. The number of thiophene rings is 1. The highest BCUT2D eigenvalue weighted by Gasteiger charge is 2.15. The molecule has 0 spiro atoms. The Kier molecular flexibility index (Phi) is 5.12. The molecular formula is C20H14N4O4S. The van der Waals surface area contributed by atoms with E-state index in [1.165, 1.54) is 35.9 Å². The Bertz CT molecular complexity index is 1190. The van der Waals surface area contributed by atoms with Gasteiger partial charge in [0, 0.05) is 28.8 Å². The van der Waals surface area contributed by atoms with Gasteiger partial charge in [-0.15, -0.1) is 11.3 Å². The van der Waals surface area contributed by atoms with E-state index in [4.69, 9.17) is 4.74 Å². The monoisotopic (exact) mass is 406 g/mol. The van der Waals surface area contributed by atoms with E-state index in [-0.39, 0.29) is 12.3 Å². The van der Waals surface area contributed by atoms with Crippen LogP contribution in [0.25, 0.3) is 21.3 Å². The van der Waals surface area contributed by atoms with Gasteiger partial charge in [0.25, 0.3) is 11.6 Å². The summed E-state index contributed by atoms with van der Waals surface area (Å²) in [4.78, 5) is 31.8. The van der Waals surface area contributed by atoms with Crippen LogP contribution in [0.2, 0.25) is 0 Å². The van der Waals surface area contributed by atoms with Gasteiger partial charge in [-0.25, -0.2) is 9.97 Å². The van der Waals surface area contributed by atoms with Crippen molar-refractivity contribution in [3.63, 3.8) is 0 Å². The normalized spacial score (nSPS) is 10.6. The molecule has 0 bridgehead atoms. The van der Waals surface area contributed by atoms with Crippen LogP contribution in [0.4, 0.5) is 11.4 Å². The number of fused-ring (bicyclic) bond motifs is 1. The summed E-state index contributed by atoms with van der Waals surface area (Å²) in [6.45, 7) is -0.293. The van der Waals surface area contributed by atoms with Gasteiger partial charge in [-0.05, 0) is 11.6 Å². The number of hydrogen-bond donors (Lipinski definition) is 1. The van der Waals surface area contributed by atoms with Crippen molar-refractivity contribution in [3.05, 3.63) is 76.4 Å². The Morgan fingerprint density at radius 1 is 1.14 bits per heavy atom. The first-order valence-corrected chi connectivity index (χ1v) is 9.44. The topological polar surface area (TPSA) is 107 Å². The number of nitrogens with zero attached hydrogens (tertiary/aromatic N) is 3. The van der Waals surface area contributed by atoms with Crippen molar-refractivity contribution in [2.45, 2.75) is 0 Å². The molecule has 4 rings (SSSR count).